The van der Waals surface area contributed by atoms with Crippen molar-refractivity contribution in [3.63, 3.8) is 0 Å². The van der Waals surface area contributed by atoms with Crippen molar-refractivity contribution in [2.24, 2.45) is 0 Å². The van der Waals surface area contributed by atoms with Crippen molar-refractivity contribution in [3.8, 4) is 0 Å². The van der Waals surface area contributed by atoms with Crippen molar-refractivity contribution in [3.05, 3.63) is 77.5 Å². The van der Waals surface area contributed by atoms with Crippen molar-refractivity contribution < 1.29 is 0 Å². The van der Waals surface area contributed by atoms with Crippen LogP contribution in [0.3, 0.4) is 0 Å². The van der Waals surface area contributed by atoms with E-state index in [0.717, 1.165) is 22.3 Å². The number of aromatic nitrogens is 5. The number of pyridine rings is 1. The summed E-state index contributed by atoms with van der Waals surface area (Å²) >= 11 is 1.60. The molecule has 0 aliphatic rings. The molecule has 0 saturated carbocycles. The van der Waals surface area contributed by atoms with E-state index >= 15 is 0 Å². The van der Waals surface area contributed by atoms with E-state index in [1.54, 1.807) is 18.0 Å². The lowest BCUT2D eigenvalue weighted by Crippen LogP contribution is -2.00. The monoisotopic (exact) mass is 335 g/mol. The summed E-state index contributed by atoms with van der Waals surface area (Å²) in [5.74, 6) is 0.901. The zero-order valence-corrected chi connectivity index (χ0v) is 14.3. The lowest BCUT2D eigenvalue weighted by Gasteiger charge is -2.12. The van der Waals surface area contributed by atoms with Gasteiger partial charge < -0.3 is 4.98 Å². The molecule has 5 nitrogen and oxygen atoms in total. The number of rotatable bonds is 4. The van der Waals surface area contributed by atoms with Crippen molar-refractivity contribution in [2.75, 3.05) is 0 Å². The molecule has 4 rings (SSSR count). The number of imidazole rings is 1. The second-order valence-electron chi connectivity index (χ2n) is 5.72. The number of hydrogen-bond acceptors (Lipinski definition) is 4. The summed E-state index contributed by atoms with van der Waals surface area (Å²) in [4.78, 5) is 12.3. The summed E-state index contributed by atoms with van der Waals surface area (Å²) in [6.45, 7) is 4.12. The molecule has 6 heteroatoms. The second kappa shape index (κ2) is 6.13. The molecule has 0 saturated heterocycles. The van der Waals surface area contributed by atoms with Crippen LogP contribution in [0.5, 0.6) is 0 Å². The molecular formula is C18H17N5S. The van der Waals surface area contributed by atoms with Crippen LogP contribution in [0.4, 0.5) is 0 Å². The number of aromatic amines is 1. The summed E-state index contributed by atoms with van der Waals surface area (Å²) < 4.78 is 1.89. The van der Waals surface area contributed by atoms with Crippen LogP contribution < -0.4 is 0 Å². The second-order valence-corrected chi connectivity index (χ2v) is 6.79. The topological polar surface area (TPSA) is 58.9 Å². The molecule has 0 aliphatic heterocycles. The Bertz CT molecular complexity index is 960. The molecule has 24 heavy (non-hydrogen) atoms. The van der Waals surface area contributed by atoms with Crippen LogP contribution in [0.25, 0.3) is 5.65 Å². The Morgan fingerprint density at radius 3 is 2.71 bits per heavy atom. The predicted octanol–water partition coefficient (Wildman–Crippen LogP) is 3.95. The predicted molar refractivity (Wildman–Crippen MR) is 95.2 cm³/mol. The highest BCUT2D eigenvalue weighted by Crippen LogP contribution is 2.37. The van der Waals surface area contributed by atoms with Gasteiger partial charge in [0.05, 0.1) is 5.25 Å². The fraction of sp³-hybridized carbons (Fsp3) is 0.167. The minimum Gasteiger partial charge on any atom is -0.347 e. The summed E-state index contributed by atoms with van der Waals surface area (Å²) in [5, 5.41) is 5.43. The summed E-state index contributed by atoms with van der Waals surface area (Å²) in [6.07, 6.45) is 3.62. The molecule has 0 fully saturated rings. The average molecular weight is 335 g/mol. The molecule has 0 spiro atoms. The van der Waals surface area contributed by atoms with Gasteiger partial charge in [-0.15, -0.1) is 5.10 Å². The highest BCUT2D eigenvalue weighted by atomic mass is 32.2. The average Bonchev–Trinajstić information content (AvgIpc) is 3.22. The first-order chi connectivity index (χ1) is 11.7. The Morgan fingerprint density at radius 2 is 1.96 bits per heavy atom. The van der Waals surface area contributed by atoms with Gasteiger partial charge in [-0.3, -0.25) is 0 Å². The number of thioether (sulfide) groups is 1. The van der Waals surface area contributed by atoms with Crippen molar-refractivity contribution in [2.45, 2.75) is 24.3 Å². The lowest BCUT2D eigenvalue weighted by atomic mass is 10.1. The van der Waals surface area contributed by atoms with E-state index in [-0.39, 0.29) is 5.25 Å². The van der Waals surface area contributed by atoms with E-state index in [0.29, 0.717) is 0 Å². The Hall–Kier alpha value is -2.60. The van der Waals surface area contributed by atoms with Gasteiger partial charge in [-0.25, -0.2) is 14.5 Å². The molecule has 3 aromatic heterocycles. The third-order valence-electron chi connectivity index (χ3n) is 3.83. The number of benzene rings is 1. The number of nitrogens with zero attached hydrogens (tertiary/aromatic N) is 4. The van der Waals surface area contributed by atoms with Crippen LogP contribution in [-0.2, 0) is 0 Å². The molecule has 0 bridgehead atoms. The van der Waals surface area contributed by atoms with E-state index < -0.39 is 0 Å². The highest BCUT2D eigenvalue weighted by Gasteiger charge is 2.20. The Balaban J connectivity index is 1.74. The van der Waals surface area contributed by atoms with Crippen molar-refractivity contribution in [1.29, 1.82) is 0 Å². The zero-order valence-electron chi connectivity index (χ0n) is 13.5. The molecule has 0 aliphatic carbocycles. The standard InChI is InChI=1S/C18H17N5S/c1-12-10-13(2)23-15(11-12)21-18(22-23)24-16(17-19-8-9-20-17)14-6-4-3-5-7-14/h3-11,16H,1-2H3,(H,19,20). The first-order valence-corrected chi connectivity index (χ1v) is 8.63. The van der Waals surface area contributed by atoms with E-state index in [2.05, 4.69) is 51.2 Å². The van der Waals surface area contributed by atoms with Gasteiger partial charge in [-0.1, -0.05) is 42.1 Å². The van der Waals surface area contributed by atoms with Gasteiger partial charge in [0, 0.05) is 18.1 Å². The van der Waals surface area contributed by atoms with Gasteiger partial charge in [0.25, 0.3) is 0 Å². The van der Waals surface area contributed by atoms with Gasteiger partial charge in [0.2, 0.25) is 5.16 Å². The molecule has 4 aromatic rings. The summed E-state index contributed by atoms with van der Waals surface area (Å²) in [5.41, 5.74) is 4.32. The third-order valence-corrected chi connectivity index (χ3v) is 4.95. The van der Waals surface area contributed by atoms with Crippen LogP contribution in [0.2, 0.25) is 0 Å². The fourth-order valence-electron chi connectivity index (χ4n) is 2.78. The largest absolute Gasteiger partial charge is 0.347 e. The first-order valence-electron chi connectivity index (χ1n) is 7.75. The van der Waals surface area contributed by atoms with Crippen LogP contribution >= 0.6 is 11.8 Å². The van der Waals surface area contributed by atoms with Crippen LogP contribution in [0, 0.1) is 13.8 Å². The molecule has 120 valence electrons. The number of aryl methyl sites for hydroxylation is 2. The highest BCUT2D eigenvalue weighted by molar-refractivity contribution is 7.99. The molecular weight excluding hydrogens is 318 g/mol. The maximum Gasteiger partial charge on any atom is 0.210 e. The van der Waals surface area contributed by atoms with Crippen molar-refractivity contribution >= 4 is 17.4 Å². The fourth-order valence-corrected chi connectivity index (χ4v) is 3.80. The molecule has 0 radical (unpaired) electrons. The van der Waals surface area contributed by atoms with Gasteiger partial charge in [0.1, 0.15) is 5.82 Å². The van der Waals surface area contributed by atoms with E-state index in [1.807, 2.05) is 35.8 Å². The molecule has 1 aromatic carbocycles. The molecule has 1 atom stereocenters. The van der Waals surface area contributed by atoms with Gasteiger partial charge in [-0.2, -0.15) is 0 Å². The molecule has 0 amide bonds. The van der Waals surface area contributed by atoms with Crippen LogP contribution in [0.15, 0.2) is 60.0 Å². The van der Waals surface area contributed by atoms with Gasteiger partial charge in [0.15, 0.2) is 5.65 Å². The minimum absolute atomic E-state index is 0.0278. The normalized spacial score (nSPS) is 12.6. The zero-order chi connectivity index (χ0) is 16.5. The smallest absolute Gasteiger partial charge is 0.210 e. The van der Waals surface area contributed by atoms with E-state index in [1.165, 1.54) is 11.1 Å². The lowest BCUT2D eigenvalue weighted by molar-refractivity contribution is 0.851. The molecule has 3 heterocycles. The maximum absolute atomic E-state index is 4.68. The van der Waals surface area contributed by atoms with E-state index in [4.69, 9.17) is 0 Å². The Labute approximate surface area is 144 Å². The van der Waals surface area contributed by atoms with Crippen LogP contribution in [-0.4, -0.2) is 24.6 Å². The van der Waals surface area contributed by atoms with Crippen LogP contribution in [0.1, 0.15) is 27.9 Å². The number of hydrogen-bond donors (Lipinski definition) is 1. The van der Waals surface area contributed by atoms with Gasteiger partial charge >= 0.3 is 0 Å². The third kappa shape index (κ3) is 2.80. The number of fused-ring (bicyclic) bond motifs is 1. The van der Waals surface area contributed by atoms with E-state index in [9.17, 15) is 0 Å². The van der Waals surface area contributed by atoms with Crippen molar-refractivity contribution in [1.82, 2.24) is 24.6 Å². The Kier molecular flexibility index (Phi) is 3.82. The van der Waals surface area contributed by atoms with Gasteiger partial charge in [-0.05, 0) is 37.1 Å². The summed E-state index contributed by atoms with van der Waals surface area (Å²) in [7, 11) is 0. The summed E-state index contributed by atoms with van der Waals surface area (Å²) in [6, 6.07) is 14.5. The Morgan fingerprint density at radius 1 is 1.12 bits per heavy atom. The molecule has 1 N–H and O–H groups in total. The first kappa shape index (κ1) is 15.0. The maximum atomic E-state index is 4.68. The molecule has 1 unspecified atom stereocenters. The SMILES string of the molecule is Cc1cc(C)n2nc(SC(c3ccccc3)c3ncc[nH]3)nc2c1. The minimum atomic E-state index is 0.0278. The quantitative estimate of drug-likeness (QED) is 0.574. The number of H-pyrrole nitrogens is 1. The number of nitrogens with one attached hydrogen (secondary N) is 1.